The first-order valence-electron chi connectivity index (χ1n) is 9.00. The van der Waals surface area contributed by atoms with Crippen molar-refractivity contribution in [3.05, 3.63) is 59.2 Å². The van der Waals surface area contributed by atoms with Crippen LogP contribution >= 0.6 is 0 Å². The lowest BCUT2D eigenvalue weighted by atomic mass is 9.89. The molecule has 0 unspecified atom stereocenters. The minimum absolute atomic E-state index is 0.0678. The third kappa shape index (κ3) is 4.04. The van der Waals surface area contributed by atoms with Gasteiger partial charge in [0, 0.05) is 23.9 Å². The molecule has 2 aromatic rings. The molecule has 5 nitrogen and oxygen atoms in total. The molecule has 1 fully saturated rings. The number of aromatic hydroxyl groups is 1. The molecular weight excluding hydrogens is 330 g/mol. The van der Waals surface area contributed by atoms with Gasteiger partial charge in [-0.3, -0.25) is 4.79 Å². The van der Waals surface area contributed by atoms with Crippen LogP contribution in [0.3, 0.4) is 0 Å². The van der Waals surface area contributed by atoms with E-state index in [1.807, 2.05) is 0 Å². The Balaban J connectivity index is 1.75. The maximum atomic E-state index is 12.7. The van der Waals surface area contributed by atoms with Gasteiger partial charge in [-0.1, -0.05) is 37.5 Å². The Morgan fingerprint density at radius 3 is 2.31 bits per heavy atom. The highest BCUT2D eigenvalue weighted by molar-refractivity contribution is 6.15. The summed E-state index contributed by atoms with van der Waals surface area (Å²) in [6.07, 6.45) is 6.30. The van der Waals surface area contributed by atoms with Crippen LogP contribution in [0.2, 0.25) is 0 Å². The number of ketones is 1. The molecular formula is C21H23NO4. The second-order valence-electron chi connectivity index (χ2n) is 6.80. The van der Waals surface area contributed by atoms with E-state index >= 15 is 0 Å². The fourth-order valence-electron chi connectivity index (χ4n) is 3.50. The maximum Gasteiger partial charge on any atom is 0.336 e. The molecule has 0 aliphatic heterocycles. The smallest absolute Gasteiger partial charge is 0.336 e. The summed E-state index contributed by atoms with van der Waals surface area (Å²) in [5.74, 6) is -1.17. The largest absolute Gasteiger partial charge is 0.507 e. The number of benzene rings is 2. The minimum atomic E-state index is -1.17. The SMILES string of the molecule is O=C(O)c1ccccc1C(=O)c1ccc(NCC2CCCCC2)cc1O. The highest BCUT2D eigenvalue weighted by Gasteiger charge is 2.20. The van der Waals surface area contributed by atoms with Gasteiger partial charge in [-0.25, -0.2) is 4.79 Å². The van der Waals surface area contributed by atoms with Crippen molar-refractivity contribution in [2.75, 3.05) is 11.9 Å². The number of nitrogens with one attached hydrogen (secondary N) is 1. The average Bonchev–Trinajstić information content (AvgIpc) is 2.66. The number of phenols is 1. The van der Waals surface area contributed by atoms with Crippen molar-refractivity contribution in [1.29, 1.82) is 0 Å². The van der Waals surface area contributed by atoms with E-state index in [-0.39, 0.29) is 22.4 Å². The van der Waals surface area contributed by atoms with Crippen LogP contribution in [0.15, 0.2) is 42.5 Å². The van der Waals surface area contributed by atoms with Crippen LogP contribution in [0.4, 0.5) is 5.69 Å². The van der Waals surface area contributed by atoms with Gasteiger partial charge in [0.1, 0.15) is 5.75 Å². The highest BCUT2D eigenvalue weighted by atomic mass is 16.4. The Bertz CT molecular complexity index is 809. The van der Waals surface area contributed by atoms with Crippen molar-refractivity contribution < 1.29 is 19.8 Å². The molecule has 0 saturated heterocycles. The zero-order chi connectivity index (χ0) is 18.5. The van der Waals surface area contributed by atoms with Gasteiger partial charge in [-0.2, -0.15) is 0 Å². The van der Waals surface area contributed by atoms with E-state index in [9.17, 15) is 19.8 Å². The highest BCUT2D eigenvalue weighted by Crippen LogP contribution is 2.28. The Morgan fingerprint density at radius 1 is 0.962 bits per heavy atom. The van der Waals surface area contributed by atoms with Crippen LogP contribution in [0.1, 0.15) is 58.4 Å². The standard InChI is InChI=1S/C21H23NO4/c23-19-12-15(22-13-14-6-2-1-3-7-14)10-11-18(19)20(24)16-8-4-5-9-17(16)21(25)26/h4-5,8-12,14,22-23H,1-3,6-7,13H2,(H,25,26). The number of hydrogen-bond acceptors (Lipinski definition) is 4. The number of carbonyl (C=O) groups excluding carboxylic acids is 1. The van der Waals surface area contributed by atoms with Crippen molar-refractivity contribution in [3.63, 3.8) is 0 Å². The van der Waals surface area contributed by atoms with Crippen LogP contribution in [0.5, 0.6) is 5.75 Å². The molecule has 0 spiro atoms. The molecule has 0 aromatic heterocycles. The number of phenolic OH excluding ortho intramolecular Hbond substituents is 1. The predicted molar refractivity (Wildman–Crippen MR) is 100 cm³/mol. The molecule has 26 heavy (non-hydrogen) atoms. The van der Waals surface area contributed by atoms with Crippen molar-refractivity contribution in [2.24, 2.45) is 5.92 Å². The second-order valence-corrected chi connectivity index (χ2v) is 6.80. The van der Waals surface area contributed by atoms with E-state index in [0.717, 1.165) is 12.2 Å². The summed E-state index contributed by atoms with van der Waals surface area (Å²) >= 11 is 0. The summed E-state index contributed by atoms with van der Waals surface area (Å²) in [4.78, 5) is 24.0. The molecule has 1 saturated carbocycles. The zero-order valence-corrected chi connectivity index (χ0v) is 14.6. The van der Waals surface area contributed by atoms with Gasteiger partial charge in [-0.05, 0) is 37.0 Å². The van der Waals surface area contributed by atoms with Gasteiger partial charge in [0.2, 0.25) is 0 Å². The van der Waals surface area contributed by atoms with E-state index in [0.29, 0.717) is 5.92 Å². The Morgan fingerprint density at radius 2 is 1.65 bits per heavy atom. The quantitative estimate of drug-likeness (QED) is 0.674. The number of hydrogen-bond donors (Lipinski definition) is 3. The first kappa shape index (κ1) is 18.0. The summed E-state index contributed by atoms with van der Waals surface area (Å²) < 4.78 is 0. The third-order valence-electron chi connectivity index (χ3n) is 4.96. The lowest BCUT2D eigenvalue weighted by Gasteiger charge is -2.22. The van der Waals surface area contributed by atoms with Gasteiger partial charge in [0.05, 0.1) is 11.1 Å². The van der Waals surface area contributed by atoms with Gasteiger partial charge < -0.3 is 15.5 Å². The van der Waals surface area contributed by atoms with Crippen molar-refractivity contribution in [1.82, 2.24) is 0 Å². The molecule has 5 heteroatoms. The van der Waals surface area contributed by atoms with Crippen molar-refractivity contribution in [3.8, 4) is 5.75 Å². The molecule has 2 aromatic carbocycles. The van der Waals surface area contributed by atoms with Crippen LogP contribution in [-0.4, -0.2) is 28.5 Å². The second kappa shape index (κ2) is 8.04. The first-order valence-corrected chi connectivity index (χ1v) is 9.00. The fraction of sp³-hybridized carbons (Fsp3) is 0.333. The normalized spacial score (nSPS) is 14.8. The molecule has 0 atom stereocenters. The lowest BCUT2D eigenvalue weighted by Crippen LogP contribution is -2.17. The zero-order valence-electron chi connectivity index (χ0n) is 14.6. The van der Waals surface area contributed by atoms with Gasteiger partial charge in [-0.15, -0.1) is 0 Å². The summed E-state index contributed by atoms with van der Waals surface area (Å²) in [5, 5.41) is 22.9. The summed E-state index contributed by atoms with van der Waals surface area (Å²) in [6.45, 7) is 0.856. The molecule has 0 radical (unpaired) electrons. The predicted octanol–water partition coefficient (Wildman–Crippen LogP) is 4.31. The number of carboxylic acid groups (broad SMARTS) is 1. The number of rotatable bonds is 6. The molecule has 1 aliphatic carbocycles. The van der Waals surface area contributed by atoms with E-state index in [4.69, 9.17) is 0 Å². The lowest BCUT2D eigenvalue weighted by molar-refractivity contribution is 0.0692. The maximum absolute atomic E-state index is 12.7. The van der Waals surface area contributed by atoms with Crippen LogP contribution in [0, 0.1) is 5.92 Å². The molecule has 1 aliphatic rings. The molecule has 3 N–H and O–H groups in total. The van der Waals surface area contributed by atoms with E-state index in [1.54, 1.807) is 24.3 Å². The number of aromatic carboxylic acids is 1. The van der Waals surface area contributed by atoms with Crippen LogP contribution < -0.4 is 5.32 Å². The summed E-state index contributed by atoms with van der Waals surface area (Å²) in [7, 11) is 0. The van der Waals surface area contributed by atoms with E-state index in [2.05, 4.69) is 5.32 Å². The topological polar surface area (TPSA) is 86.6 Å². The average molecular weight is 353 g/mol. The number of carboxylic acids is 1. The Kier molecular flexibility index (Phi) is 5.56. The molecule has 136 valence electrons. The molecule has 0 heterocycles. The van der Waals surface area contributed by atoms with Crippen molar-refractivity contribution >= 4 is 17.4 Å². The molecule has 3 rings (SSSR count). The van der Waals surface area contributed by atoms with Gasteiger partial charge in [0.15, 0.2) is 5.78 Å². The van der Waals surface area contributed by atoms with E-state index in [1.165, 1.54) is 50.3 Å². The van der Waals surface area contributed by atoms with Gasteiger partial charge in [0.25, 0.3) is 0 Å². The van der Waals surface area contributed by atoms with Gasteiger partial charge >= 0.3 is 5.97 Å². The first-order chi connectivity index (χ1) is 12.6. The Labute approximate surface area is 152 Å². The monoisotopic (exact) mass is 353 g/mol. The Hall–Kier alpha value is -2.82. The van der Waals surface area contributed by atoms with Crippen LogP contribution in [-0.2, 0) is 0 Å². The fourth-order valence-corrected chi connectivity index (χ4v) is 3.50. The minimum Gasteiger partial charge on any atom is -0.507 e. The van der Waals surface area contributed by atoms with Crippen LogP contribution in [0.25, 0.3) is 0 Å². The van der Waals surface area contributed by atoms with E-state index < -0.39 is 11.8 Å². The third-order valence-corrected chi connectivity index (χ3v) is 4.96. The molecule has 0 bridgehead atoms. The number of anilines is 1. The summed E-state index contributed by atoms with van der Waals surface area (Å²) in [5.41, 5.74) is 0.854. The summed E-state index contributed by atoms with van der Waals surface area (Å²) in [6, 6.07) is 10.8. The molecule has 0 amide bonds. The van der Waals surface area contributed by atoms with Crippen molar-refractivity contribution in [2.45, 2.75) is 32.1 Å². The number of carbonyl (C=O) groups is 2.